The molecule has 1 aromatic carbocycles. The fourth-order valence-electron chi connectivity index (χ4n) is 2.87. The number of carboxylic acids is 1. The number of rotatable bonds is 4. The van der Waals surface area contributed by atoms with E-state index in [9.17, 15) is 14.7 Å². The van der Waals surface area contributed by atoms with Crippen molar-refractivity contribution in [1.82, 2.24) is 5.32 Å². The van der Waals surface area contributed by atoms with E-state index in [-0.39, 0.29) is 11.1 Å². The molecule has 0 bridgehead atoms. The molecule has 0 aromatic heterocycles. The molecular formula is C17H19NO5. The molecule has 0 radical (unpaired) electrons. The minimum Gasteiger partial charge on any atom is -0.496 e. The van der Waals surface area contributed by atoms with E-state index in [2.05, 4.69) is 5.32 Å². The van der Waals surface area contributed by atoms with Gasteiger partial charge in [-0.2, -0.15) is 0 Å². The Morgan fingerprint density at radius 1 is 1.09 bits per heavy atom. The highest BCUT2D eigenvalue weighted by Crippen LogP contribution is 2.42. The third-order valence-electron chi connectivity index (χ3n) is 3.85. The van der Waals surface area contributed by atoms with E-state index < -0.39 is 17.9 Å². The normalized spacial score (nSPS) is 17.7. The van der Waals surface area contributed by atoms with Crippen LogP contribution >= 0.6 is 0 Å². The zero-order valence-electron chi connectivity index (χ0n) is 13.5. The molecule has 23 heavy (non-hydrogen) atoms. The SMILES string of the molecule is COC(=O)C1=C(C)NC(C)=C(C(=O)O)C1c1ccccc1OC. The smallest absolute Gasteiger partial charge is 0.336 e. The number of carbonyl (C=O) groups is 2. The fraction of sp³-hybridized carbons (Fsp3) is 0.294. The average molecular weight is 317 g/mol. The first-order valence-corrected chi connectivity index (χ1v) is 7.05. The molecule has 1 aromatic rings. The summed E-state index contributed by atoms with van der Waals surface area (Å²) in [6.45, 7) is 3.39. The van der Waals surface area contributed by atoms with Crippen molar-refractivity contribution in [2.45, 2.75) is 19.8 Å². The van der Waals surface area contributed by atoms with Crippen LogP contribution in [-0.2, 0) is 14.3 Å². The van der Waals surface area contributed by atoms with Crippen molar-refractivity contribution in [1.29, 1.82) is 0 Å². The molecule has 0 spiro atoms. The average Bonchev–Trinajstić information content (AvgIpc) is 2.52. The Labute approximate surface area is 134 Å². The van der Waals surface area contributed by atoms with Crippen molar-refractivity contribution >= 4 is 11.9 Å². The fourth-order valence-corrected chi connectivity index (χ4v) is 2.87. The van der Waals surface area contributed by atoms with E-state index >= 15 is 0 Å². The van der Waals surface area contributed by atoms with Gasteiger partial charge in [-0.05, 0) is 19.9 Å². The maximum Gasteiger partial charge on any atom is 0.336 e. The highest BCUT2D eigenvalue weighted by atomic mass is 16.5. The number of benzene rings is 1. The van der Waals surface area contributed by atoms with Crippen molar-refractivity contribution in [3.8, 4) is 5.75 Å². The number of carboxylic acid groups (broad SMARTS) is 1. The summed E-state index contributed by atoms with van der Waals surface area (Å²) in [7, 11) is 2.78. The summed E-state index contributed by atoms with van der Waals surface area (Å²) in [6, 6.07) is 7.05. The number of esters is 1. The van der Waals surface area contributed by atoms with E-state index in [0.29, 0.717) is 22.7 Å². The number of ether oxygens (including phenoxy) is 2. The van der Waals surface area contributed by atoms with Crippen molar-refractivity contribution in [2.75, 3.05) is 14.2 Å². The Hall–Kier alpha value is -2.76. The van der Waals surface area contributed by atoms with Gasteiger partial charge in [0.25, 0.3) is 0 Å². The van der Waals surface area contributed by atoms with E-state index in [1.807, 2.05) is 0 Å². The molecule has 0 aliphatic carbocycles. The van der Waals surface area contributed by atoms with Crippen molar-refractivity contribution < 1.29 is 24.2 Å². The molecule has 6 heteroatoms. The molecule has 1 heterocycles. The lowest BCUT2D eigenvalue weighted by Gasteiger charge is -2.30. The molecule has 2 N–H and O–H groups in total. The Balaban J connectivity index is 2.75. The Bertz CT molecular complexity index is 717. The first-order chi connectivity index (χ1) is 10.9. The van der Waals surface area contributed by atoms with Crippen LogP contribution in [0.15, 0.2) is 46.8 Å². The Morgan fingerprint density at radius 2 is 1.70 bits per heavy atom. The number of aliphatic carboxylic acids is 1. The number of allylic oxidation sites excluding steroid dienone is 2. The molecule has 1 aliphatic heterocycles. The van der Waals surface area contributed by atoms with Crippen LogP contribution in [-0.4, -0.2) is 31.3 Å². The van der Waals surface area contributed by atoms with Crippen LogP contribution in [0, 0.1) is 0 Å². The molecule has 2 rings (SSSR count). The molecule has 0 saturated heterocycles. The topological polar surface area (TPSA) is 84.9 Å². The maximum atomic E-state index is 12.3. The summed E-state index contributed by atoms with van der Waals surface area (Å²) in [4.78, 5) is 24.1. The van der Waals surface area contributed by atoms with Crippen LogP contribution in [0.4, 0.5) is 0 Å². The van der Waals surface area contributed by atoms with Gasteiger partial charge in [0.15, 0.2) is 0 Å². The van der Waals surface area contributed by atoms with Crippen molar-refractivity contribution in [3.63, 3.8) is 0 Å². The minimum atomic E-state index is -1.10. The third-order valence-corrected chi connectivity index (χ3v) is 3.85. The molecular weight excluding hydrogens is 298 g/mol. The summed E-state index contributed by atoms with van der Waals surface area (Å²) in [5.41, 5.74) is 2.02. The molecule has 1 atom stereocenters. The van der Waals surface area contributed by atoms with Crippen LogP contribution in [0.3, 0.4) is 0 Å². The van der Waals surface area contributed by atoms with Crippen LogP contribution in [0.25, 0.3) is 0 Å². The van der Waals surface area contributed by atoms with Gasteiger partial charge < -0.3 is 19.9 Å². The van der Waals surface area contributed by atoms with Gasteiger partial charge in [0.2, 0.25) is 0 Å². The van der Waals surface area contributed by atoms with Gasteiger partial charge in [-0.3, -0.25) is 0 Å². The van der Waals surface area contributed by atoms with Gasteiger partial charge in [-0.1, -0.05) is 18.2 Å². The van der Waals surface area contributed by atoms with Gasteiger partial charge in [0.1, 0.15) is 5.75 Å². The first-order valence-electron chi connectivity index (χ1n) is 7.05. The van der Waals surface area contributed by atoms with Gasteiger partial charge in [0, 0.05) is 17.0 Å². The zero-order valence-corrected chi connectivity index (χ0v) is 13.5. The second-order valence-corrected chi connectivity index (χ2v) is 5.17. The molecule has 0 saturated carbocycles. The molecule has 1 aliphatic rings. The second kappa shape index (κ2) is 6.56. The number of dihydropyridines is 1. The van der Waals surface area contributed by atoms with E-state index in [0.717, 1.165) is 0 Å². The van der Waals surface area contributed by atoms with Crippen LogP contribution in [0.5, 0.6) is 5.75 Å². The van der Waals surface area contributed by atoms with Crippen molar-refractivity contribution in [3.05, 3.63) is 52.4 Å². The lowest BCUT2D eigenvalue weighted by Crippen LogP contribution is -2.31. The summed E-state index contributed by atoms with van der Waals surface area (Å²) in [5.74, 6) is -1.92. The van der Waals surface area contributed by atoms with Gasteiger partial charge in [-0.25, -0.2) is 9.59 Å². The summed E-state index contributed by atoms with van der Waals surface area (Å²) in [6.07, 6.45) is 0. The monoisotopic (exact) mass is 317 g/mol. The quantitative estimate of drug-likeness (QED) is 0.828. The summed E-state index contributed by atoms with van der Waals surface area (Å²) < 4.78 is 10.2. The van der Waals surface area contributed by atoms with Crippen LogP contribution in [0.2, 0.25) is 0 Å². The Kier molecular flexibility index (Phi) is 4.74. The lowest BCUT2D eigenvalue weighted by atomic mass is 9.80. The third kappa shape index (κ3) is 2.92. The maximum absolute atomic E-state index is 12.3. The van der Waals surface area contributed by atoms with Gasteiger partial charge >= 0.3 is 11.9 Å². The van der Waals surface area contributed by atoms with Gasteiger partial charge in [0.05, 0.1) is 31.3 Å². The Morgan fingerprint density at radius 3 is 2.26 bits per heavy atom. The number of hydrogen-bond donors (Lipinski definition) is 2. The minimum absolute atomic E-state index is 0.0977. The first kappa shape index (κ1) is 16.6. The predicted molar refractivity (Wildman–Crippen MR) is 83.9 cm³/mol. The largest absolute Gasteiger partial charge is 0.496 e. The predicted octanol–water partition coefficient (Wildman–Crippen LogP) is 2.19. The highest BCUT2D eigenvalue weighted by molar-refractivity contribution is 5.99. The van der Waals surface area contributed by atoms with E-state index in [4.69, 9.17) is 9.47 Å². The van der Waals surface area contributed by atoms with Crippen LogP contribution in [0.1, 0.15) is 25.3 Å². The number of carbonyl (C=O) groups excluding carboxylic acids is 1. The number of hydrogen-bond acceptors (Lipinski definition) is 5. The van der Waals surface area contributed by atoms with E-state index in [1.165, 1.54) is 14.2 Å². The number of methoxy groups -OCH3 is 2. The van der Waals surface area contributed by atoms with Crippen LogP contribution < -0.4 is 10.1 Å². The second-order valence-electron chi connectivity index (χ2n) is 5.17. The molecule has 122 valence electrons. The lowest BCUT2D eigenvalue weighted by molar-refractivity contribution is -0.136. The standard InChI is InChI=1S/C17H19NO5/c1-9-13(16(19)20)15(11-7-5-6-8-12(11)22-3)14(10(2)18-9)17(21)23-4/h5-8,15,18H,1-4H3,(H,19,20). The van der Waals surface area contributed by atoms with E-state index in [1.54, 1.807) is 38.1 Å². The molecule has 1 unspecified atom stereocenters. The molecule has 6 nitrogen and oxygen atoms in total. The molecule has 0 amide bonds. The number of nitrogens with one attached hydrogen (secondary N) is 1. The van der Waals surface area contributed by atoms with Crippen molar-refractivity contribution in [2.24, 2.45) is 0 Å². The number of para-hydroxylation sites is 1. The highest BCUT2D eigenvalue weighted by Gasteiger charge is 2.38. The van der Waals surface area contributed by atoms with Gasteiger partial charge in [-0.15, -0.1) is 0 Å². The zero-order chi connectivity index (χ0) is 17.1. The summed E-state index contributed by atoms with van der Waals surface area (Å²) >= 11 is 0. The summed E-state index contributed by atoms with van der Waals surface area (Å²) in [5, 5.41) is 12.6. The molecule has 0 fully saturated rings.